The van der Waals surface area contributed by atoms with Gasteiger partial charge in [-0.3, -0.25) is 4.79 Å². The maximum absolute atomic E-state index is 12.8. The summed E-state index contributed by atoms with van der Waals surface area (Å²) < 4.78 is 39.4. The molecule has 0 aromatic heterocycles. The maximum atomic E-state index is 12.8. The van der Waals surface area contributed by atoms with Crippen molar-refractivity contribution >= 4 is 5.91 Å². The first-order chi connectivity index (χ1) is 14.1. The van der Waals surface area contributed by atoms with E-state index in [4.69, 9.17) is 0 Å². The molecule has 1 aliphatic carbocycles. The number of hydrogen-bond acceptors (Lipinski definition) is 1. The van der Waals surface area contributed by atoms with Gasteiger partial charge < -0.3 is 9.80 Å². The molecule has 0 spiro atoms. The predicted molar refractivity (Wildman–Crippen MR) is 112 cm³/mol. The van der Waals surface area contributed by atoms with E-state index in [-0.39, 0.29) is 12.1 Å². The van der Waals surface area contributed by atoms with Crippen LogP contribution in [0.15, 0.2) is 48.5 Å². The van der Waals surface area contributed by atoms with Crippen LogP contribution in [-0.2, 0) is 19.3 Å². The van der Waals surface area contributed by atoms with Gasteiger partial charge in [0.05, 0.1) is 25.7 Å². The van der Waals surface area contributed by atoms with E-state index in [0.29, 0.717) is 6.04 Å². The summed E-state index contributed by atoms with van der Waals surface area (Å²) in [4.78, 5) is 12.2. The number of nitrogens with one attached hydrogen (secondary N) is 1. The molecule has 0 unspecified atom stereocenters. The van der Waals surface area contributed by atoms with E-state index in [2.05, 4.69) is 31.5 Å². The molecule has 0 bridgehead atoms. The number of rotatable bonds is 6. The Morgan fingerprint density at radius 2 is 1.63 bits per heavy atom. The Labute approximate surface area is 176 Å². The molecule has 0 aliphatic heterocycles. The second-order valence-electron chi connectivity index (χ2n) is 8.81. The van der Waals surface area contributed by atoms with Gasteiger partial charge in [-0.25, -0.2) is 0 Å². The van der Waals surface area contributed by atoms with Crippen molar-refractivity contribution in [3.05, 3.63) is 70.8 Å². The molecule has 162 valence electrons. The van der Waals surface area contributed by atoms with Crippen molar-refractivity contribution in [3.8, 4) is 0 Å². The van der Waals surface area contributed by atoms with Crippen molar-refractivity contribution < 1.29 is 22.4 Å². The van der Waals surface area contributed by atoms with Gasteiger partial charge in [0.1, 0.15) is 6.54 Å². The molecule has 0 saturated heterocycles. The number of carbonyl (C=O) groups is 1. The molecule has 0 heterocycles. The zero-order valence-corrected chi connectivity index (χ0v) is 17.6. The molecular weight excluding hydrogens is 389 g/mol. The van der Waals surface area contributed by atoms with E-state index < -0.39 is 17.6 Å². The van der Waals surface area contributed by atoms with E-state index in [1.54, 1.807) is 0 Å². The third-order valence-corrected chi connectivity index (χ3v) is 6.08. The summed E-state index contributed by atoms with van der Waals surface area (Å²) >= 11 is 0. The monoisotopic (exact) mass is 419 g/mol. The second kappa shape index (κ2) is 9.21. The summed E-state index contributed by atoms with van der Waals surface area (Å²) in [6.07, 6.45) is 2.08. The lowest BCUT2D eigenvalue weighted by molar-refractivity contribution is -0.929. The number of alkyl halides is 3. The van der Waals surface area contributed by atoms with Crippen molar-refractivity contribution in [2.45, 2.75) is 57.4 Å². The van der Waals surface area contributed by atoms with Gasteiger partial charge in [0.2, 0.25) is 0 Å². The molecular formula is C24H30F3N2O+. The Morgan fingerprint density at radius 3 is 2.27 bits per heavy atom. The van der Waals surface area contributed by atoms with E-state index in [0.717, 1.165) is 28.7 Å². The minimum Gasteiger partial charge on any atom is -0.348 e. The van der Waals surface area contributed by atoms with E-state index in [1.165, 1.54) is 49.8 Å². The van der Waals surface area contributed by atoms with Crippen molar-refractivity contribution in [2.75, 3.05) is 14.1 Å². The van der Waals surface area contributed by atoms with E-state index in [9.17, 15) is 18.0 Å². The molecule has 1 aliphatic rings. The standard InChI is InChI=1S/C24H29F3N2O/c1-29(2,22-9-4-3-5-10-22)17-19-13-11-18(12-14-19)16-28-23(30)20-7-6-8-21(15-20)24(25,26)27/h6-8,11-15,22H,3-5,9-10,16-17H2,1-2H3/p+1. The fraction of sp³-hybridized carbons (Fsp3) is 0.458. The smallest absolute Gasteiger partial charge is 0.348 e. The molecule has 3 rings (SSSR count). The van der Waals surface area contributed by atoms with Crippen molar-refractivity contribution in [3.63, 3.8) is 0 Å². The number of benzene rings is 2. The third-order valence-electron chi connectivity index (χ3n) is 6.08. The minimum atomic E-state index is -4.46. The van der Waals surface area contributed by atoms with Gasteiger partial charge in [0.15, 0.2) is 0 Å². The largest absolute Gasteiger partial charge is 0.416 e. The zero-order chi connectivity index (χ0) is 21.8. The molecule has 2 aromatic carbocycles. The first-order valence-corrected chi connectivity index (χ1v) is 10.5. The summed E-state index contributed by atoms with van der Waals surface area (Å²) in [6, 6.07) is 13.3. The van der Waals surface area contributed by atoms with Gasteiger partial charge in [0.25, 0.3) is 5.91 Å². The molecule has 1 N–H and O–H groups in total. The Balaban J connectivity index is 1.56. The average Bonchev–Trinajstić information content (AvgIpc) is 2.73. The minimum absolute atomic E-state index is 0.00739. The highest BCUT2D eigenvalue weighted by Crippen LogP contribution is 2.30. The van der Waals surface area contributed by atoms with Gasteiger partial charge in [-0.05, 0) is 49.4 Å². The second-order valence-corrected chi connectivity index (χ2v) is 8.81. The lowest BCUT2D eigenvalue weighted by Crippen LogP contribution is -2.48. The van der Waals surface area contributed by atoms with Crippen LogP contribution in [0.1, 0.15) is 59.2 Å². The highest BCUT2D eigenvalue weighted by molar-refractivity contribution is 5.94. The highest BCUT2D eigenvalue weighted by atomic mass is 19.4. The van der Waals surface area contributed by atoms with Crippen LogP contribution >= 0.6 is 0 Å². The summed E-state index contributed by atoms with van der Waals surface area (Å²) in [6.45, 7) is 1.23. The summed E-state index contributed by atoms with van der Waals surface area (Å²) in [5, 5.41) is 2.70. The topological polar surface area (TPSA) is 29.1 Å². The normalized spacial score (nSPS) is 15.8. The molecule has 6 heteroatoms. The first-order valence-electron chi connectivity index (χ1n) is 10.5. The lowest BCUT2D eigenvalue weighted by Gasteiger charge is -2.40. The molecule has 1 fully saturated rings. The molecule has 2 aromatic rings. The van der Waals surface area contributed by atoms with Crippen LogP contribution in [-0.4, -0.2) is 30.5 Å². The predicted octanol–water partition coefficient (Wildman–Crippen LogP) is 5.54. The third kappa shape index (κ3) is 5.85. The van der Waals surface area contributed by atoms with Crippen molar-refractivity contribution in [1.82, 2.24) is 5.32 Å². The molecule has 3 nitrogen and oxygen atoms in total. The van der Waals surface area contributed by atoms with E-state index in [1.807, 2.05) is 12.1 Å². The Bertz CT molecular complexity index is 853. The number of quaternary nitrogens is 1. The van der Waals surface area contributed by atoms with Gasteiger partial charge >= 0.3 is 6.18 Å². The summed E-state index contributed by atoms with van der Waals surface area (Å²) in [5.41, 5.74) is 1.35. The SMILES string of the molecule is C[N+](C)(Cc1ccc(CNC(=O)c2cccc(C(F)(F)F)c2)cc1)C1CCCCC1. The van der Waals surface area contributed by atoms with Crippen LogP contribution < -0.4 is 5.32 Å². The van der Waals surface area contributed by atoms with Gasteiger partial charge in [-0.1, -0.05) is 36.8 Å². The molecule has 0 atom stereocenters. The van der Waals surface area contributed by atoms with E-state index >= 15 is 0 Å². The quantitative estimate of drug-likeness (QED) is 0.612. The zero-order valence-electron chi connectivity index (χ0n) is 17.6. The number of hydrogen-bond donors (Lipinski definition) is 1. The van der Waals surface area contributed by atoms with Gasteiger partial charge in [0, 0.05) is 17.7 Å². The number of carbonyl (C=O) groups excluding carboxylic acids is 1. The number of halogens is 3. The van der Waals surface area contributed by atoms with Crippen LogP contribution in [0.4, 0.5) is 13.2 Å². The van der Waals surface area contributed by atoms with Gasteiger partial charge in [-0.15, -0.1) is 0 Å². The Hall–Kier alpha value is -2.34. The lowest BCUT2D eigenvalue weighted by atomic mass is 9.92. The number of nitrogens with zero attached hydrogens (tertiary/aromatic N) is 1. The maximum Gasteiger partial charge on any atom is 0.416 e. The average molecular weight is 420 g/mol. The van der Waals surface area contributed by atoms with Gasteiger partial charge in [-0.2, -0.15) is 13.2 Å². The Morgan fingerprint density at radius 1 is 1.00 bits per heavy atom. The van der Waals surface area contributed by atoms with Crippen LogP contribution in [0.3, 0.4) is 0 Å². The molecule has 1 amide bonds. The van der Waals surface area contributed by atoms with Crippen LogP contribution in [0.5, 0.6) is 0 Å². The van der Waals surface area contributed by atoms with Crippen molar-refractivity contribution in [2.24, 2.45) is 0 Å². The Kier molecular flexibility index (Phi) is 6.86. The fourth-order valence-corrected chi connectivity index (χ4v) is 4.26. The summed E-state index contributed by atoms with van der Waals surface area (Å²) in [5.74, 6) is -0.514. The van der Waals surface area contributed by atoms with Crippen molar-refractivity contribution in [1.29, 1.82) is 0 Å². The van der Waals surface area contributed by atoms with Crippen LogP contribution in [0, 0.1) is 0 Å². The fourth-order valence-electron chi connectivity index (χ4n) is 4.26. The molecule has 0 radical (unpaired) electrons. The summed E-state index contributed by atoms with van der Waals surface area (Å²) in [7, 11) is 4.58. The number of amides is 1. The highest BCUT2D eigenvalue weighted by Gasteiger charge is 2.31. The van der Waals surface area contributed by atoms with Crippen LogP contribution in [0.25, 0.3) is 0 Å². The molecule has 30 heavy (non-hydrogen) atoms. The first kappa shape index (κ1) is 22.3. The molecule has 1 saturated carbocycles. The van der Waals surface area contributed by atoms with Crippen LogP contribution in [0.2, 0.25) is 0 Å².